The van der Waals surface area contributed by atoms with Crippen molar-refractivity contribution < 1.29 is 39.6 Å². The van der Waals surface area contributed by atoms with Gasteiger partial charge in [0.05, 0.1) is 47.5 Å². The molecule has 2 aromatic carbocycles. The molecule has 4 aromatic rings. The van der Waals surface area contributed by atoms with E-state index in [1.807, 2.05) is 14.7 Å². The Kier molecular flexibility index (Phi) is 12.8. The normalized spacial score (nSPS) is 22.3. The van der Waals surface area contributed by atoms with Crippen molar-refractivity contribution in [2.24, 2.45) is 11.8 Å². The number of sulfone groups is 2. The molecule has 0 bridgehead atoms. The van der Waals surface area contributed by atoms with Gasteiger partial charge >= 0.3 is 0 Å². The number of nitrogens with zero attached hydrogens (tertiary/aromatic N) is 8. The number of aromatic nitrogens is 4. The number of hydrogen-bond acceptors (Lipinski definition) is 12. The van der Waals surface area contributed by atoms with Gasteiger partial charge < -0.3 is 19.6 Å². The molecule has 2 atom stereocenters. The Balaban J connectivity index is 0.000000179. The van der Waals surface area contributed by atoms with Crippen molar-refractivity contribution in [3.63, 3.8) is 0 Å². The van der Waals surface area contributed by atoms with E-state index in [4.69, 9.17) is 0 Å². The quantitative estimate of drug-likeness (QED) is 0.276. The van der Waals surface area contributed by atoms with Gasteiger partial charge in [0.25, 0.3) is 0 Å². The molecule has 8 rings (SSSR count). The zero-order valence-corrected chi connectivity index (χ0v) is 33.8. The largest absolute Gasteiger partial charge is 0.337 e. The summed E-state index contributed by atoms with van der Waals surface area (Å²) in [5.41, 5.74) is 1.60. The van der Waals surface area contributed by atoms with Crippen molar-refractivity contribution in [1.82, 2.24) is 29.7 Å². The van der Waals surface area contributed by atoms with Crippen LogP contribution in [0.3, 0.4) is 0 Å². The van der Waals surface area contributed by atoms with E-state index in [0.29, 0.717) is 76.8 Å². The third kappa shape index (κ3) is 10.4. The average Bonchev–Trinajstić information content (AvgIpc) is 3.24. The molecule has 0 N–H and O–H groups in total. The number of hydrogen-bond donors (Lipinski definition) is 0. The first-order valence-corrected chi connectivity index (χ1v) is 23.2. The van der Waals surface area contributed by atoms with E-state index in [-0.39, 0.29) is 70.4 Å². The van der Waals surface area contributed by atoms with Crippen molar-refractivity contribution in [2.75, 3.05) is 72.1 Å². The topological polar surface area (TPSA) is 167 Å². The molecule has 2 amide bonds. The SMILES string of the molecule is O=C(C1CCS(=O)(=O)CC1)N1CCN(c2ncc(F)cn2)CC1c1ccc(F)cc1.O=C(C1CCS(=O)(=O)CC1)N1CCN(c2ncccn2)CC1c1ccc(F)cc1. The van der Waals surface area contributed by atoms with Crippen LogP contribution in [0.1, 0.15) is 48.9 Å². The Bertz CT molecular complexity index is 2280. The van der Waals surface area contributed by atoms with Gasteiger partial charge in [-0.05, 0) is 67.1 Å². The predicted octanol–water partition coefficient (Wildman–Crippen LogP) is 3.80. The fraction of sp³-hybridized carbons (Fsp3) is 0.450. The predicted molar refractivity (Wildman–Crippen MR) is 213 cm³/mol. The number of rotatable bonds is 6. The minimum atomic E-state index is -3.07. The Morgan fingerprint density at radius 3 is 1.29 bits per heavy atom. The van der Waals surface area contributed by atoms with Crippen molar-refractivity contribution in [1.29, 1.82) is 0 Å². The van der Waals surface area contributed by atoms with Gasteiger partial charge in [-0.2, -0.15) is 0 Å². The first-order valence-electron chi connectivity index (χ1n) is 19.5. The lowest BCUT2D eigenvalue weighted by molar-refractivity contribution is -0.139. The van der Waals surface area contributed by atoms with Crippen LogP contribution in [0.2, 0.25) is 0 Å². The summed E-state index contributed by atoms with van der Waals surface area (Å²) in [6.07, 6.45) is 6.89. The molecule has 4 saturated heterocycles. The summed E-state index contributed by atoms with van der Waals surface area (Å²) < 4.78 is 87.0. The molecule has 4 aliphatic heterocycles. The summed E-state index contributed by atoms with van der Waals surface area (Å²) in [5.74, 6) is -0.864. The number of amides is 2. The molecule has 4 aliphatic rings. The standard InChI is InChI=1S/C20H22F2N4O3S.C20H23FN4O3S/c21-16-3-1-14(2-4-16)18-13-25(20-23-11-17(22)12-24-20)7-8-26(18)19(27)15-5-9-30(28,29)10-6-15;21-17-4-2-15(3-5-17)18-14-24(20-22-8-1-9-23-20)10-11-25(18)19(26)16-6-12-29(27,28)13-7-16/h1-4,11-12,15,18H,5-10,13H2;1-5,8-9,16,18H,6-7,10-14H2. The summed E-state index contributed by atoms with van der Waals surface area (Å²) in [5, 5.41) is 0. The second-order valence-corrected chi connectivity index (χ2v) is 19.8. The molecule has 2 unspecified atom stereocenters. The van der Waals surface area contributed by atoms with Crippen LogP contribution in [-0.2, 0) is 29.3 Å². The smallest absolute Gasteiger partial charge is 0.226 e. The highest BCUT2D eigenvalue weighted by molar-refractivity contribution is 7.91. The van der Waals surface area contributed by atoms with Gasteiger partial charge in [0.2, 0.25) is 23.7 Å². The fourth-order valence-electron chi connectivity index (χ4n) is 8.06. The van der Waals surface area contributed by atoms with Crippen molar-refractivity contribution in [2.45, 2.75) is 37.8 Å². The fourth-order valence-corrected chi connectivity index (χ4v) is 11.0. The van der Waals surface area contributed by atoms with Gasteiger partial charge in [-0.1, -0.05) is 24.3 Å². The van der Waals surface area contributed by atoms with Crippen LogP contribution < -0.4 is 9.80 Å². The number of carbonyl (C=O) groups excluding carboxylic acids is 2. The molecule has 19 heteroatoms. The number of carbonyl (C=O) groups is 2. The molecule has 6 heterocycles. The first-order chi connectivity index (χ1) is 28.2. The van der Waals surface area contributed by atoms with Crippen LogP contribution in [0.5, 0.6) is 0 Å². The third-order valence-corrected chi connectivity index (χ3v) is 14.8. The lowest BCUT2D eigenvalue weighted by Gasteiger charge is -2.43. The van der Waals surface area contributed by atoms with Gasteiger partial charge in [-0.15, -0.1) is 0 Å². The maximum absolute atomic E-state index is 13.4. The minimum absolute atomic E-state index is 0.0218. The zero-order valence-electron chi connectivity index (χ0n) is 32.2. The molecule has 59 heavy (non-hydrogen) atoms. The van der Waals surface area contributed by atoms with Crippen LogP contribution in [0.15, 0.2) is 79.4 Å². The maximum Gasteiger partial charge on any atom is 0.226 e. The van der Waals surface area contributed by atoms with E-state index in [0.717, 1.165) is 23.5 Å². The maximum atomic E-state index is 13.4. The lowest BCUT2D eigenvalue weighted by atomic mass is 9.96. The molecule has 0 radical (unpaired) electrons. The Morgan fingerprint density at radius 1 is 0.525 bits per heavy atom. The molecule has 0 aliphatic carbocycles. The van der Waals surface area contributed by atoms with Crippen molar-refractivity contribution in [3.05, 3.63) is 108 Å². The highest BCUT2D eigenvalue weighted by Crippen LogP contribution is 2.33. The monoisotopic (exact) mass is 854 g/mol. The number of halogens is 3. The van der Waals surface area contributed by atoms with E-state index < -0.39 is 25.5 Å². The van der Waals surface area contributed by atoms with Crippen molar-refractivity contribution >= 4 is 43.4 Å². The number of benzene rings is 2. The van der Waals surface area contributed by atoms with Crippen LogP contribution in [-0.4, -0.2) is 121 Å². The van der Waals surface area contributed by atoms with Gasteiger partial charge in [0.1, 0.15) is 31.3 Å². The molecule has 2 aromatic heterocycles. The highest BCUT2D eigenvalue weighted by Gasteiger charge is 2.39. The molecular formula is C40H45F3N8O6S2. The van der Waals surface area contributed by atoms with E-state index in [1.165, 1.54) is 24.3 Å². The Labute approximate surface area is 341 Å². The third-order valence-electron chi connectivity index (χ3n) is 11.4. The van der Waals surface area contributed by atoms with E-state index in [9.17, 15) is 39.6 Å². The summed E-state index contributed by atoms with van der Waals surface area (Å²) in [7, 11) is -6.10. The molecule has 4 fully saturated rings. The van der Waals surface area contributed by atoms with Gasteiger partial charge in [0.15, 0.2) is 5.82 Å². The average molecular weight is 855 g/mol. The summed E-state index contributed by atoms with van der Waals surface area (Å²) in [6, 6.07) is 13.2. The van der Waals surface area contributed by atoms with Crippen molar-refractivity contribution in [3.8, 4) is 0 Å². The molecule has 14 nitrogen and oxygen atoms in total. The molecule has 0 spiro atoms. The summed E-state index contributed by atoms with van der Waals surface area (Å²) in [4.78, 5) is 50.6. The number of anilines is 2. The second kappa shape index (κ2) is 18.0. The summed E-state index contributed by atoms with van der Waals surface area (Å²) in [6.45, 7) is 2.76. The minimum Gasteiger partial charge on any atom is -0.337 e. The van der Waals surface area contributed by atoms with E-state index in [2.05, 4.69) is 19.9 Å². The van der Waals surface area contributed by atoms with E-state index in [1.54, 1.807) is 47.6 Å². The highest BCUT2D eigenvalue weighted by atomic mass is 32.2. The van der Waals surface area contributed by atoms with Crippen LogP contribution in [0, 0.1) is 29.3 Å². The zero-order chi connectivity index (χ0) is 41.7. The van der Waals surface area contributed by atoms with Gasteiger partial charge in [0, 0.05) is 63.5 Å². The molecule has 0 saturated carbocycles. The van der Waals surface area contributed by atoms with Gasteiger partial charge in [-0.25, -0.2) is 49.9 Å². The Hall–Kier alpha value is -5.17. The Morgan fingerprint density at radius 2 is 0.898 bits per heavy atom. The lowest BCUT2D eigenvalue weighted by Crippen LogP contribution is -2.53. The van der Waals surface area contributed by atoms with Crippen LogP contribution >= 0.6 is 0 Å². The van der Waals surface area contributed by atoms with E-state index >= 15 is 0 Å². The molecule has 314 valence electrons. The number of piperazine rings is 2. The molecular weight excluding hydrogens is 810 g/mol. The first kappa shape index (κ1) is 42.0. The van der Waals surface area contributed by atoms with Gasteiger partial charge in [-0.3, -0.25) is 9.59 Å². The van der Waals surface area contributed by atoms with Crippen LogP contribution in [0.4, 0.5) is 25.1 Å². The van der Waals surface area contributed by atoms with Crippen LogP contribution in [0.25, 0.3) is 0 Å². The summed E-state index contributed by atoms with van der Waals surface area (Å²) >= 11 is 0. The second-order valence-electron chi connectivity index (χ2n) is 15.2.